The molecule has 0 aliphatic carbocycles. The zero-order valence-electron chi connectivity index (χ0n) is 14.6. The van der Waals surface area contributed by atoms with Gasteiger partial charge in [-0.2, -0.15) is 15.0 Å². The number of hydrogen-bond donors (Lipinski definition) is 1. The van der Waals surface area contributed by atoms with E-state index in [1.165, 1.54) is 11.1 Å². The first-order chi connectivity index (χ1) is 13.6. The molecular formula is C17H15N7O4. The minimum Gasteiger partial charge on any atom is -0.448 e. The zero-order valence-corrected chi connectivity index (χ0v) is 14.6. The average Bonchev–Trinajstić information content (AvgIpc) is 3.41. The van der Waals surface area contributed by atoms with Gasteiger partial charge >= 0.3 is 6.09 Å². The lowest BCUT2D eigenvalue weighted by Gasteiger charge is -2.44. The molecule has 0 radical (unpaired) electrons. The smallest absolute Gasteiger partial charge is 0.408 e. The van der Waals surface area contributed by atoms with Gasteiger partial charge in [0.1, 0.15) is 12.0 Å². The van der Waals surface area contributed by atoms with Crippen molar-refractivity contribution < 1.29 is 18.7 Å². The number of rotatable bonds is 4. The van der Waals surface area contributed by atoms with Crippen LogP contribution in [0.2, 0.25) is 0 Å². The maximum atomic E-state index is 12.5. The van der Waals surface area contributed by atoms with Gasteiger partial charge in [-0.05, 0) is 12.1 Å². The molecule has 3 aromatic heterocycles. The predicted molar refractivity (Wildman–Crippen MR) is 91.6 cm³/mol. The fourth-order valence-corrected chi connectivity index (χ4v) is 3.27. The van der Waals surface area contributed by atoms with Crippen molar-refractivity contribution >= 4 is 12.0 Å². The van der Waals surface area contributed by atoms with Crippen molar-refractivity contribution in [3.8, 4) is 5.69 Å². The van der Waals surface area contributed by atoms with Gasteiger partial charge in [0.15, 0.2) is 11.3 Å². The highest BCUT2D eigenvalue weighted by molar-refractivity contribution is 5.93. The first-order valence-electron chi connectivity index (χ1n) is 8.62. The van der Waals surface area contributed by atoms with Crippen molar-refractivity contribution in [3.63, 3.8) is 0 Å². The van der Waals surface area contributed by atoms with E-state index in [4.69, 9.17) is 9.15 Å². The van der Waals surface area contributed by atoms with E-state index in [9.17, 15) is 9.59 Å². The number of aromatic nitrogens is 5. The Morgan fingerprint density at radius 1 is 1.25 bits per heavy atom. The highest BCUT2D eigenvalue weighted by Crippen LogP contribution is 2.29. The third-order valence-corrected chi connectivity index (χ3v) is 4.67. The normalized spacial score (nSPS) is 17.3. The molecule has 2 aliphatic heterocycles. The molecule has 11 heteroatoms. The molecule has 0 bridgehead atoms. The molecule has 11 nitrogen and oxygen atoms in total. The van der Waals surface area contributed by atoms with Gasteiger partial charge in [0.05, 0.1) is 44.6 Å². The van der Waals surface area contributed by atoms with Gasteiger partial charge in [0, 0.05) is 5.69 Å². The van der Waals surface area contributed by atoms with Crippen LogP contribution in [0.1, 0.15) is 22.1 Å². The van der Waals surface area contributed by atoms with Gasteiger partial charge in [-0.1, -0.05) is 0 Å². The largest absolute Gasteiger partial charge is 0.448 e. The molecule has 0 unspecified atom stereocenters. The number of carbonyl (C=O) groups excluding carboxylic acids is 2. The SMILES string of the molecule is O=C1NCC2(CN(C(=O)c3coc(Cc4ccc(-n5nccn5)cn4)n3)C2)O1. The zero-order chi connectivity index (χ0) is 19.1. The van der Waals surface area contributed by atoms with Gasteiger partial charge in [-0.25, -0.2) is 9.78 Å². The first-order valence-corrected chi connectivity index (χ1v) is 8.62. The fourth-order valence-electron chi connectivity index (χ4n) is 3.27. The van der Waals surface area contributed by atoms with E-state index in [1.54, 1.807) is 23.5 Å². The second kappa shape index (κ2) is 6.15. The Balaban J connectivity index is 1.22. The van der Waals surface area contributed by atoms with Crippen molar-refractivity contribution in [1.82, 2.24) is 35.2 Å². The van der Waals surface area contributed by atoms with Gasteiger partial charge in [0.25, 0.3) is 5.91 Å². The summed E-state index contributed by atoms with van der Waals surface area (Å²) in [7, 11) is 0. The number of nitrogens with zero attached hydrogens (tertiary/aromatic N) is 6. The maximum Gasteiger partial charge on any atom is 0.408 e. The lowest BCUT2D eigenvalue weighted by Crippen LogP contribution is -2.65. The molecule has 0 saturated carbocycles. The Kier molecular flexibility index (Phi) is 3.60. The monoisotopic (exact) mass is 381 g/mol. The molecule has 1 spiro atoms. The van der Waals surface area contributed by atoms with Crippen molar-refractivity contribution in [2.45, 2.75) is 12.0 Å². The molecule has 2 saturated heterocycles. The summed E-state index contributed by atoms with van der Waals surface area (Å²) in [4.78, 5) is 35.3. The van der Waals surface area contributed by atoms with Crippen LogP contribution >= 0.6 is 0 Å². The number of ether oxygens (including phenoxy) is 1. The number of hydrogen-bond acceptors (Lipinski definition) is 8. The van der Waals surface area contributed by atoms with Crippen LogP contribution < -0.4 is 5.32 Å². The molecule has 0 atom stereocenters. The van der Waals surface area contributed by atoms with E-state index >= 15 is 0 Å². The molecule has 28 heavy (non-hydrogen) atoms. The van der Waals surface area contributed by atoms with E-state index in [1.807, 2.05) is 12.1 Å². The quantitative estimate of drug-likeness (QED) is 0.677. The van der Waals surface area contributed by atoms with Crippen LogP contribution in [-0.2, 0) is 11.2 Å². The Morgan fingerprint density at radius 2 is 2.07 bits per heavy atom. The minimum atomic E-state index is -0.603. The number of oxazole rings is 1. The molecule has 2 amide bonds. The molecule has 142 valence electrons. The second-order valence-electron chi connectivity index (χ2n) is 6.72. The second-order valence-corrected chi connectivity index (χ2v) is 6.72. The Labute approximate surface area is 158 Å². The standard InChI is InChI=1S/C17H15N7O4/c25-15(23-9-17(10-23)8-19-16(26)28-17)13-7-27-14(22-13)5-11-1-2-12(6-18-11)24-20-3-4-21-24/h1-4,6-7H,5,8-10H2,(H,19,26). The van der Waals surface area contributed by atoms with Gasteiger partial charge in [-0.3, -0.25) is 9.78 Å². The number of likely N-dealkylation sites (tertiary alicyclic amines) is 1. The van der Waals surface area contributed by atoms with Crippen LogP contribution in [0.15, 0.2) is 41.4 Å². The molecule has 5 heterocycles. The van der Waals surface area contributed by atoms with E-state index in [-0.39, 0.29) is 11.6 Å². The molecule has 2 fully saturated rings. The summed E-state index contributed by atoms with van der Waals surface area (Å²) in [6.07, 6.45) is 6.08. The summed E-state index contributed by atoms with van der Waals surface area (Å²) in [6, 6.07) is 3.67. The van der Waals surface area contributed by atoms with Crippen LogP contribution in [0.4, 0.5) is 4.79 Å². The van der Waals surface area contributed by atoms with Crippen molar-refractivity contribution in [2.24, 2.45) is 0 Å². The molecule has 0 aromatic carbocycles. The lowest BCUT2D eigenvalue weighted by molar-refractivity contribution is -0.0578. The van der Waals surface area contributed by atoms with Crippen LogP contribution in [0.25, 0.3) is 5.69 Å². The number of pyridine rings is 1. The molecule has 2 aliphatic rings. The third-order valence-electron chi connectivity index (χ3n) is 4.67. The van der Waals surface area contributed by atoms with Crippen LogP contribution in [-0.4, -0.2) is 67.1 Å². The van der Waals surface area contributed by atoms with Gasteiger partial charge in [-0.15, -0.1) is 0 Å². The van der Waals surface area contributed by atoms with E-state index in [0.717, 1.165) is 11.4 Å². The molecule has 3 aromatic rings. The number of amides is 2. The number of nitrogens with one attached hydrogen (secondary N) is 1. The summed E-state index contributed by atoms with van der Waals surface area (Å²) in [5.41, 5.74) is 1.10. The Morgan fingerprint density at radius 3 is 2.75 bits per heavy atom. The van der Waals surface area contributed by atoms with Crippen LogP contribution in [0, 0.1) is 0 Å². The number of carbonyl (C=O) groups is 2. The van der Waals surface area contributed by atoms with Crippen LogP contribution in [0.3, 0.4) is 0 Å². The summed E-state index contributed by atoms with van der Waals surface area (Å²) >= 11 is 0. The van der Waals surface area contributed by atoms with Crippen molar-refractivity contribution in [2.75, 3.05) is 19.6 Å². The molecular weight excluding hydrogens is 366 g/mol. The fraction of sp³-hybridized carbons (Fsp3) is 0.294. The minimum absolute atomic E-state index is 0.222. The van der Waals surface area contributed by atoms with Gasteiger partial charge in [0.2, 0.25) is 5.89 Å². The molecule has 1 N–H and O–H groups in total. The van der Waals surface area contributed by atoms with Crippen molar-refractivity contribution in [3.05, 3.63) is 54.3 Å². The van der Waals surface area contributed by atoms with E-state index in [0.29, 0.717) is 31.9 Å². The summed E-state index contributed by atoms with van der Waals surface area (Å²) in [6.45, 7) is 1.10. The average molecular weight is 381 g/mol. The predicted octanol–water partition coefficient (Wildman–Crippen LogP) is 0.175. The highest BCUT2D eigenvalue weighted by Gasteiger charge is 2.52. The first kappa shape index (κ1) is 16.4. The van der Waals surface area contributed by atoms with Crippen molar-refractivity contribution in [1.29, 1.82) is 0 Å². The topological polar surface area (TPSA) is 128 Å². The highest BCUT2D eigenvalue weighted by atomic mass is 16.6. The molecule has 5 rings (SSSR count). The summed E-state index contributed by atoms with van der Waals surface area (Å²) < 4.78 is 10.6. The third kappa shape index (κ3) is 2.86. The van der Waals surface area contributed by atoms with Crippen LogP contribution in [0.5, 0.6) is 0 Å². The Hall–Kier alpha value is -3.76. The summed E-state index contributed by atoms with van der Waals surface area (Å²) in [5.74, 6) is 0.140. The number of alkyl carbamates (subject to hydrolysis) is 1. The van der Waals surface area contributed by atoms with E-state index < -0.39 is 11.7 Å². The van der Waals surface area contributed by atoms with E-state index in [2.05, 4.69) is 25.5 Å². The summed E-state index contributed by atoms with van der Waals surface area (Å²) in [5, 5.41) is 10.7. The maximum absolute atomic E-state index is 12.5. The Bertz CT molecular complexity index is 1020. The lowest BCUT2D eigenvalue weighted by atomic mass is 9.94. The van der Waals surface area contributed by atoms with Gasteiger partial charge < -0.3 is 19.4 Å².